The van der Waals surface area contributed by atoms with Gasteiger partial charge in [-0.25, -0.2) is 0 Å². The van der Waals surface area contributed by atoms with Gasteiger partial charge in [-0.05, 0) is 67.8 Å². The molecule has 0 aliphatic rings. The number of hydrazine groups is 1. The monoisotopic (exact) mass is 446 g/mol. The number of nitrogens with one attached hydrogen (secondary N) is 3. The third-order valence-electron chi connectivity index (χ3n) is 5.22. The van der Waals surface area contributed by atoms with Crippen molar-refractivity contribution >= 4 is 34.3 Å². The Kier molecular flexibility index (Phi) is 6.52. The molecule has 162 valence electrons. The van der Waals surface area contributed by atoms with Gasteiger partial charge in [0.25, 0.3) is 5.91 Å². The zero-order valence-electron chi connectivity index (χ0n) is 17.6. The van der Waals surface area contributed by atoms with E-state index in [4.69, 9.17) is 11.6 Å². The summed E-state index contributed by atoms with van der Waals surface area (Å²) in [6, 6.07) is 18.6. The number of amides is 2. The first kappa shape index (κ1) is 21.6. The van der Waals surface area contributed by atoms with Gasteiger partial charge in [0.15, 0.2) is 0 Å². The predicted molar refractivity (Wildman–Crippen MR) is 126 cm³/mol. The van der Waals surface area contributed by atoms with Gasteiger partial charge in [-0.15, -0.1) is 0 Å². The Hall–Kier alpha value is -3.64. The topological polar surface area (TPSA) is 86.9 Å². The lowest BCUT2D eigenvalue weighted by molar-refractivity contribution is -0.121. The summed E-state index contributed by atoms with van der Waals surface area (Å²) in [4.78, 5) is 32.4. The number of aryl methyl sites for hydroxylation is 2. The van der Waals surface area contributed by atoms with E-state index < -0.39 is 5.91 Å². The molecule has 0 bridgehead atoms. The number of nitrogens with zero attached hydrogens (tertiary/aromatic N) is 1. The number of carbonyl (C=O) groups is 2. The number of pyridine rings is 1. The Labute approximate surface area is 191 Å². The molecule has 2 aromatic heterocycles. The number of aromatic nitrogens is 2. The van der Waals surface area contributed by atoms with Crippen LogP contribution in [0, 0.1) is 6.92 Å². The Bertz CT molecular complexity index is 1270. The van der Waals surface area contributed by atoms with Gasteiger partial charge in [-0.1, -0.05) is 35.4 Å². The lowest BCUT2D eigenvalue weighted by Gasteiger charge is -2.08. The van der Waals surface area contributed by atoms with E-state index in [-0.39, 0.29) is 12.3 Å². The van der Waals surface area contributed by atoms with Gasteiger partial charge in [-0.3, -0.25) is 25.4 Å². The Morgan fingerprint density at radius 2 is 1.91 bits per heavy atom. The number of benzene rings is 2. The summed E-state index contributed by atoms with van der Waals surface area (Å²) in [7, 11) is 0. The standard InChI is InChI=1S/C25H23ClN4O2/c1-16-11-12-21-20(14-16)19(24(28-21)22-9-2-3-13-27-22)8-5-10-23(31)29-30-25(32)17-6-4-7-18(26)15-17/h2-4,6-7,9,11-15,28H,5,8,10H2,1H3,(H,29,31)(H,30,32). The van der Waals surface area contributed by atoms with Crippen molar-refractivity contribution in [2.24, 2.45) is 0 Å². The van der Waals surface area contributed by atoms with Crippen LogP contribution in [0.1, 0.15) is 34.3 Å². The van der Waals surface area contributed by atoms with E-state index in [0.29, 0.717) is 23.4 Å². The van der Waals surface area contributed by atoms with Crippen LogP contribution in [0.15, 0.2) is 66.9 Å². The summed E-state index contributed by atoms with van der Waals surface area (Å²) in [5.41, 5.74) is 10.5. The molecule has 4 rings (SSSR count). The molecule has 2 aromatic carbocycles. The highest BCUT2D eigenvalue weighted by atomic mass is 35.5. The zero-order chi connectivity index (χ0) is 22.5. The number of fused-ring (bicyclic) bond motifs is 1. The van der Waals surface area contributed by atoms with Crippen LogP contribution in [-0.4, -0.2) is 21.8 Å². The molecule has 0 unspecified atom stereocenters. The van der Waals surface area contributed by atoms with Crippen LogP contribution in [0.5, 0.6) is 0 Å². The minimum Gasteiger partial charge on any atom is -0.353 e. The van der Waals surface area contributed by atoms with Crippen molar-refractivity contribution < 1.29 is 9.59 Å². The Morgan fingerprint density at radius 1 is 1.03 bits per heavy atom. The number of hydrogen-bond donors (Lipinski definition) is 3. The molecule has 32 heavy (non-hydrogen) atoms. The first-order valence-corrected chi connectivity index (χ1v) is 10.8. The van der Waals surface area contributed by atoms with Crippen molar-refractivity contribution in [3.63, 3.8) is 0 Å². The molecular formula is C25H23ClN4O2. The van der Waals surface area contributed by atoms with Crippen LogP contribution in [0.2, 0.25) is 5.02 Å². The van der Waals surface area contributed by atoms with Crippen molar-refractivity contribution in [3.8, 4) is 11.4 Å². The van der Waals surface area contributed by atoms with E-state index in [2.05, 4.69) is 45.9 Å². The molecular weight excluding hydrogens is 424 g/mol. The minimum atomic E-state index is -0.412. The van der Waals surface area contributed by atoms with Gasteiger partial charge in [0.05, 0.1) is 11.4 Å². The fourth-order valence-electron chi connectivity index (χ4n) is 3.67. The SMILES string of the molecule is Cc1ccc2[nH]c(-c3ccccn3)c(CCCC(=O)NNC(=O)c3cccc(Cl)c3)c2c1. The normalized spacial score (nSPS) is 10.8. The van der Waals surface area contributed by atoms with Crippen molar-refractivity contribution in [3.05, 3.63) is 88.6 Å². The Balaban J connectivity index is 1.41. The molecule has 0 saturated heterocycles. The number of halogens is 1. The highest BCUT2D eigenvalue weighted by Gasteiger charge is 2.15. The average molecular weight is 447 g/mol. The van der Waals surface area contributed by atoms with Crippen LogP contribution in [0.4, 0.5) is 0 Å². The van der Waals surface area contributed by atoms with E-state index >= 15 is 0 Å². The first-order valence-electron chi connectivity index (χ1n) is 10.4. The molecule has 4 aromatic rings. The maximum Gasteiger partial charge on any atom is 0.269 e. The van der Waals surface area contributed by atoms with E-state index in [0.717, 1.165) is 27.9 Å². The number of hydrogen-bond acceptors (Lipinski definition) is 3. The molecule has 0 aliphatic carbocycles. The van der Waals surface area contributed by atoms with Gasteiger partial charge >= 0.3 is 0 Å². The highest BCUT2D eigenvalue weighted by molar-refractivity contribution is 6.30. The van der Waals surface area contributed by atoms with E-state index in [1.807, 2.05) is 18.2 Å². The molecule has 0 spiro atoms. The predicted octanol–water partition coefficient (Wildman–Crippen LogP) is 4.98. The maximum absolute atomic E-state index is 12.3. The number of carbonyl (C=O) groups excluding carboxylic acids is 2. The fraction of sp³-hybridized carbons (Fsp3) is 0.160. The second-order valence-corrected chi connectivity index (χ2v) is 8.05. The number of aromatic amines is 1. The molecule has 2 amide bonds. The van der Waals surface area contributed by atoms with Gasteiger partial charge in [0.1, 0.15) is 0 Å². The average Bonchev–Trinajstić information content (AvgIpc) is 3.15. The zero-order valence-corrected chi connectivity index (χ0v) is 18.4. The van der Waals surface area contributed by atoms with Crippen LogP contribution in [0.3, 0.4) is 0 Å². The molecule has 7 heteroatoms. The summed E-state index contributed by atoms with van der Waals surface area (Å²) in [5, 5.41) is 1.60. The quantitative estimate of drug-likeness (QED) is 0.365. The molecule has 3 N–H and O–H groups in total. The van der Waals surface area contributed by atoms with Gasteiger partial charge in [-0.2, -0.15) is 0 Å². The molecule has 0 fully saturated rings. The van der Waals surface area contributed by atoms with Gasteiger partial charge < -0.3 is 4.98 Å². The third kappa shape index (κ3) is 4.98. The van der Waals surface area contributed by atoms with Crippen molar-refractivity contribution in [2.75, 3.05) is 0 Å². The molecule has 2 heterocycles. The number of H-pyrrole nitrogens is 1. The minimum absolute atomic E-state index is 0.254. The Morgan fingerprint density at radius 3 is 2.69 bits per heavy atom. The van der Waals surface area contributed by atoms with Crippen LogP contribution in [-0.2, 0) is 11.2 Å². The second kappa shape index (κ2) is 9.66. The summed E-state index contributed by atoms with van der Waals surface area (Å²) < 4.78 is 0. The lowest BCUT2D eigenvalue weighted by atomic mass is 10.0. The molecule has 6 nitrogen and oxygen atoms in total. The second-order valence-electron chi connectivity index (χ2n) is 7.61. The molecule has 0 atom stereocenters. The van der Waals surface area contributed by atoms with Gasteiger partial charge in [0.2, 0.25) is 5.91 Å². The molecule has 0 saturated carbocycles. The largest absolute Gasteiger partial charge is 0.353 e. The van der Waals surface area contributed by atoms with E-state index in [1.54, 1.807) is 30.5 Å². The van der Waals surface area contributed by atoms with E-state index in [1.165, 1.54) is 5.56 Å². The smallest absolute Gasteiger partial charge is 0.269 e. The molecule has 0 aliphatic heterocycles. The van der Waals surface area contributed by atoms with Crippen molar-refractivity contribution in [1.82, 2.24) is 20.8 Å². The lowest BCUT2D eigenvalue weighted by Crippen LogP contribution is -2.41. The number of rotatable bonds is 6. The van der Waals surface area contributed by atoms with Crippen molar-refractivity contribution in [2.45, 2.75) is 26.2 Å². The fourth-order valence-corrected chi connectivity index (χ4v) is 3.86. The van der Waals surface area contributed by atoms with Gasteiger partial charge in [0, 0.05) is 34.1 Å². The highest BCUT2D eigenvalue weighted by Crippen LogP contribution is 2.31. The van der Waals surface area contributed by atoms with Crippen LogP contribution in [0.25, 0.3) is 22.3 Å². The summed E-state index contributed by atoms with van der Waals surface area (Å²) >= 11 is 5.90. The van der Waals surface area contributed by atoms with E-state index in [9.17, 15) is 9.59 Å². The first-order chi connectivity index (χ1) is 15.5. The maximum atomic E-state index is 12.3. The summed E-state index contributed by atoms with van der Waals surface area (Å²) in [5.74, 6) is -0.666. The summed E-state index contributed by atoms with van der Waals surface area (Å²) in [6.07, 6.45) is 3.37. The summed E-state index contributed by atoms with van der Waals surface area (Å²) in [6.45, 7) is 2.06. The van der Waals surface area contributed by atoms with Crippen molar-refractivity contribution in [1.29, 1.82) is 0 Å². The van der Waals surface area contributed by atoms with Crippen LogP contribution >= 0.6 is 11.6 Å². The van der Waals surface area contributed by atoms with Crippen LogP contribution < -0.4 is 10.9 Å². The molecule has 0 radical (unpaired) electrons. The third-order valence-corrected chi connectivity index (χ3v) is 5.45.